The van der Waals surface area contributed by atoms with E-state index in [-0.39, 0.29) is 17.9 Å². The van der Waals surface area contributed by atoms with E-state index in [1.165, 1.54) is 19.3 Å². The number of pyridine rings is 1. The van der Waals surface area contributed by atoms with Crippen molar-refractivity contribution in [3.05, 3.63) is 24.2 Å². The van der Waals surface area contributed by atoms with Crippen LogP contribution in [-0.2, 0) is 4.79 Å². The molecule has 7 heteroatoms. The van der Waals surface area contributed by atoms with Gasteiger partial charge in [0.1, 0.15) is 11.9 Å². The molecular formula is C22H29N5O2. The summed E-state index contributed by atoms with van der Waals surface area (Å²) in [6, 6.07) is 3.89. The first-order valence-corrected chi connectivity index (χ1v) is 11.1. The molecule has 2 aliphatic heterocycles. The van der Waals surface area contributed by atoms with Gasteiger partial charge in [-0.1, -0.05) is 12.1 Å². The SMILES string of the molecule is C[C@@H]1C[C@@H]1C(=O)N1CCCC[C@@H]1c1nc(-c2ccnc(N3CCCCC3)c2)no1. The highest BCUT2D eigenvalue weighted by Crippen LogP contribution is 2.42. The van der Waals surface area contributed by atoms with E-state index in [0.717, 1.165) is 56.7 Å². The smallest absolute Gasteiger partial charge is 0.249 e. The van der Waals surface area contributed by atoms with Gasteiger partial charge < -0.3 is 14.3 Å². The number of anilines is 1. The third kappa shape index (κ3) is 3.74. The summed E-state index contributed by atoms with van der Waals surface area (Å²) in [5, 5.41) is 4.25. The van der Waals surface area contributed by atoms with Crippen LogP contribution < -0.4 is 4.90 Å². The summed E-state index contributed by atoms with van der Waals surface area (Å²) < 4.78 is 5.66. The maximum Gasteiger partial charge on any atom is 0.249 e. The Morgan fingerprint density at radius 1 is 1.14 bits per heavy atom. The maximum absolute atomic E-state index is 12.9. The van der Waals surface area contributed by atoms with Crippen LogP contribution in [0.5, 0.6) is 0 Å². The van der Waals surface area contributed by atoms with Crippen molar-refractivity contribution < 1.29 is 9.32 Å². The van der Waals surface area contributed by atoms with Crippen LogP contribution in [0, 0.1) is 11.8 Å². The fourth-order valence-electron chi connectivity index (χ4n) is 4.67. The number of hydrogen-bond acceptors (Lipinski definition) is 6. The minimum Gasteiger partial charge on any atom is -0.357 e. The molecule has 154 valence electrons. The molecule has 0 radical (unpaired) electrons. The molecule has 2 saturated heterocycles. The van der Waals surface area contributed by atoms with Crippen molar-refractivity contribution in [2.75, 3.05) is 24.5 Å². The number of aromatic nitrogens is 3. The lowest BCUT2D eigenvalue weighted by Gasteiger charge is -2.33. The van der Waals surface area contributed by atoms with E-state index in [2.05, 4.69) is 28.0 Å². The Hall–Kier alpha value is -2.44. The van der Waals surface area contributed by atoms with E-state index in [9.17, 15) is 4.79 Å². The van der Waals surface area contributed by atoms with Gasteiger partial charge >= 0.3 is 0 Å². The fraction of sp³-hybridized carbons (Fsp3) is 0.636. The van der Waals surface area contributed by atoms with Crippen molar-refractivity contribution in [1.82, 2.24) is 20.0 Å². The topological polar surface area (TPSA) is 75.4 Å². The molecule has 1 saturated carbocycles. The number of amides is 1. The molecule has 0 spiro atoms. The molecule has 4 heterocycles. The summed E-state index contributed by atoms with van der Waals surface area (Å²) in [4.78, 5) is 26.4. The summed E-state index contributed by atoms with van der Waals surface area (Å²) in [6.07, 6.45) is 9.57. The van der Waals surface area contributed by atoms with Crippen molar-refractivity contribution in [2.24, 2.45) is 11.8 Å². The first-order valence-electron chi connectivity index (χ1n) is 11.1. The lowest BCUT2D eigenvalue weighted by Crippen LogP contribution is -2.39. The zero-order valence-electron chi connectivity index (χ0n) is 17.1. The maximum atomic E-state index is 12.9. The van der Waals surface area contributed by atoms with Gasteiger partial charge in [-0.3, -0.25) is 4.79 Å². The molecule has 2 aromatic heterocycles. The van der Waals surface area contributed by atoms with E-state index in [4.69, 9.17) is 9.51 Å². The molecule has 3 aliphatic rings. The van der Waals surface area contributed by atoms with Crippen molar-refractivity contribution in [1.29, 1.82) is 0 Å². The molecule has 29 heavy (non-hydrogen) atoms. The predicted octanol–water partition coefficient (Wildman–Crippen LogP) is 3.83. The number of nitrogens with zero attached hydrogens (tertiary/aromatic N) is 5. The molecule has 2 aromatic rings. The summed E-state index contributed by atoms with van der Waals surface area (Å²) in [6.45, 7) is 5.04. The predicted molar refractivity (Wildman–Crippen MR) is 109 cm³/mol. The van der Waals surface area contributed by atoms with Gasteiger partial charge in [-0.05, 0) is 63.0 Å². The van der Waals surface area contributed by atoms with Gasteiger partial charge in [0, 0.05) is 37.3 Å². The molecule has 5 rings (SSSR count). The summed E-state index contributed by atoms with van der Waals surface area (Å²) in [5.41, 5.74) is 0.917. The quantitative estimate of drug-likeness (QED) is 0.783. The van der Waals surface area contributed by atoms with Crippen LogP contribution >= 0.6 is 0 Å². The first kappa shape index (κ1) is 18.6. The molecule has 0 aromatic carbocycles. The third-order valence-corrected chi connectivity index (χ3v) is 6.62. The molecular weight excluding hydrogens is 366 g/mol. The molecule has 3 fully saturated rings. The van der Waals surface area contributed by atoms with Crippen LogP contribution in [0.25, 0.3) is 11.4 Å². The highest BCUT2D eigenvalue weighted by molar-refractivity contribution is 5.82. The van der Waals surface area contributed by atoms with Crippen LogP contribution in [0.15, 0.2) is 22.9 Å². The number of carbonyl (C=O) groups is 1. The van der Waals surface area contributed by atoms with Crippen LogP contribution in [0.4, 0.5) is 5.82 Å². The first-order chi connectivity index (χ1) is 14.2. The van der Waals surface area contributed by atoms with E-state index in [0.29, 0.717) is 17.6 Å². The van der Waals surface area contributed by atoms with Gasteiger partial charge in [0.15, 0.2) is 0 Å². The Labute approximate surface area is 171 Å². The van der Waals surface area contributed by atoms with Crippen LogP contribution in [0.2, 0.25) is 0 Å². The minimum atomic E-state index is -0.0892. The number of piperidine rings is 2. The van der Waals surface area contributed by atoms with Crippen molar-refractivity contribution in [2.45, 2.75) is 57.9 Å². The molecule has 3 atom stereocenters. The van der Waals surface area contributed by atoms with E-state index in [1.807, 2.05) is 17.2 Å². The van der Waals surface area contributed by atoms with Gasteiger partial charge in [-0.2, -0.15) is 4.98 Å². The lowest BCUT2D eigenvalue weighted by atomic mass is 10.0. The molecule has 0 unspecified atom stereocenters. The second kappa shape index (κ2) is 7.76. The zero-order chi connectivity index (χ0) is 19.8. The standard InChI is InChI=1S/C22H29N5O2/c1-15-13-17(15)22(28)27-12-6-3-7-18(27)21-24-20(25-29-21)16-8-9-23-19(14-16)26-10-4-2-5-11-26/h8-9,14-15,17-18H,2-7,10-13H2,1H3/t15-,17+,18-/m1/s1. The summed E-state index contributed by atoms with van der Waals surface area (Å²) in [5.74, 6) is 3.08. The Balaban J connectivity index is 1.36. The van der Waals surface area contributed by atoms with Gasteiger partial charge in [-0.25, -0.2) is 4.98 Å². The highest BCUT2D eigenvalue weighted by Gasteiger charge is 2.44. The number of rotatable bonds is 4. The Morgan fingerprint density at radius 2 is 1.93 bits per heavy atom. The van der Waals surface area contributed by atoms with E-state index in [1.54, 1.807) is 0 Å². The number of hydrogen-bond donors (Lipinski definition) is 0. The van der Waals surface area contributed by atoms with Crippen molar-refractivity contribution in [3.63, 3.8) is 0 Å². The van der Waals surface area contributed by atoms with Crippen molar-refractivity contribution >= 4 is 11.7 Å². The number of carbonyl (C=O) groups excluding carboxylic acids is 1. The minimum absolute atomic E-state index is 0.0892. The van der Waals surface area contributed by atoms with Gasteiger partial charge in [0.25, 0.3) is 0 Å². The monoisotopic (exact) mass is 395 g/mol. The van der Waals surface area contributed by atoms with Gasteiger partial charge in [-0.15, -0.1) is 0 Å². The fourth-order valence-corrected chi connectivity index (χ4v) is 4.67. The van der Waals surface area contributed by atoms with E-state index >= 15 is 0 Å². The van der Waals surface area contributed by atoms with Crippen LogP contribution in [0.1, 0.15) is 63.8 Å². The molecule has 7 nitrogen and oxygen atoms in total. The second-order valence-electron chi connectivity index (χ2n) is 8.77. The van der Waals surface area contributed by atoms with Crippen molar-refractivity contribution in [3.8, 4) is 11.4 Å². The molecule has 1 aliphatic carbocycles. The van der Waals surface area contributed by atoms with E-state index < -0.39 is 0 Å². The molecule has 1 amide bonds. The molecule has 0 bridgehead atoms. The van der Waals surface area contributed by atoms with Crippen LogP contribution in [-0.4, -0.2) is 45.6 Å². The Bertz CT molecular complexity index is 876. The average molecular weight is 396 g/mol. The Morgan fingerprint density at radius 3 is 2.72 bits per heavy atom. The third-order valence-electron chi connectivity index (χ3n) is 6.62. The second-order valence-corrected chi connectivity index (χ2v) is 8.77. The van der Waals surface area contributed by atoms with Gasteiger partial charge in [0.05, 0.1) is 0 Å². The lowest BCUT2D eigenvalue weighted by molar-refractivity contribution is -0.137. The Kier molecular flexibility index (Phi) is 4.97. The summed E-state index contributed by atoms with van der Waals surface area (Å²) >= 11 is 0. The zero-order valence-corrected chi connectivity index (χ0v) is 17.1. The largest absolute Gasteiger partial charge is 0.357 e. The average Bonchev–Trinajstić information content (AvgIpc) is 3.31. The highest BCUT2D eigenvalue weighted by atomic mass is 16.5. The van der Waals surface area contributed by atoms with Gasteiger partial charge in [0.2, 0.25) is 17.6 Å². The van der Waals surface area contributed by atoms with Crippen LogP contribution in [0.3, 0.4) is 0 Å². The summed E-state index contributed by atoms with van der Waals surface area (Å²) in [7, 11) is 0. The molecule has 0 N–H and O–H groups in total. The normalized spacial score (nSPS) is 27.1. The number of likely N-dealkylation sites (tertiary alicyclic amines) is 1.